The Bertz CT molecular complexity index is 205. The number of hydrogen-bond acceptors (Lipinski definition) is 4. The van der Waals surface area contributed by atoms with Crippen molar-refractivity contribution in [3.05, 3.63) is 0 Å². The Morgan fingerprint density at radius 1 is 1.62 bits per heavy atom. The van der Waals surface area contributed by atoms with E-state index in [1.54, 1.807) is 0 Å². The van der Waals surface area contributed by atoms with Crippen LogP contribution < -0.4 is 16.0 Å². The Labute approximate surface area is 97.3 Å². The second-order valence-electron chi connectivity index (χ2n) is 4.20. The van der Waals surface area contributed by atoms with E-state index in [1.807, 2.05) is 6.92 Å². The van der Waals surface area contributed by atoms with Crippen molar-refractivity contribution in [2.45, 2.75) is 32.4 Å². The first-order chi connectivity index (χ1) is 7.72. The Balaban J connectivity index is 2.09. The smallest absolute Gasteiger partial charge is 0.233 e. The van der Waals surface area contributed by atoms with E-state index in [4.69, 9.17) is 4.74 Å². The van der Waals surface area contributed by atoms with Crippen LogP contribution in [-0.2, 0) is 9.53 Å². The summed E-state index contributed by atoms with van der Waals surface area (Å²) in [5, 5.41) is 9.37. The van der Waals surface area contributed by atoms with E-state index < -0.39 is 0 Å². The van der Waals surface area contributed by atoms with Gasteiger partial charge in [-0.2, -0.15) is 0 Å². The monoisotopic (exact) mass is 229 g/mol. The molecule has 1 aliphatic rings. The molecule has 1 heterocycles. The molecule has 0 aliphatic carbocycles. The molecule has 2 atom stereocenters. The zero-order chi connectivity index (χ0) is 11.8. The molecule has 1 amide bonds. The number of carbonyl (C=O) groups excluding carboxylic acids is 1. The van der Waals surface area contributed by atoms with Crippen LogP contribution in [0.4, 0.5) is 0 Å². The average molecular weight is 229 g/mol. The van der Waals surface area contributed by atoms with E-state index in [0.717, 1.165) is 26.2 Å². The lowest BCUT2D eigenvalue weighted by atomic mass is 10.1. The second-order valence-corrected chi connectivity index (χ2v) is 4.20. The fraction of sp³-hybridized carbons (Fsp3) is 0.909. The molecule has 0 bridgehead atoms. The van der Waals surface area contributed by atoms with Gasteiger partial charge in [-0.25, -0.2) is 0 Å². The van der Waals surface area contributed by atoms with Crippen LogP contribution in [0.25, 0.3) is 0 Å². The topological polar surface area (TPSA) is 62.4 Å². The summed E-state index contributed by atoms with van der Waals surface area (Å²) in [4.78, 5) is 11.2. The van der Waals surface area contributed by atoms with Crippen molar-refractivity contribution in [2.24, 2.45) is 0 Å². The molecule has 1 fully saturated rings. The summed E-state index contributed by atoms with van der Waals surface area (Å²) < 4.78 is 5.38. The first-order valence-corrected chi connectivity index (χ1v) is 6.03. The summed E-state index contributed by atoms with van der Waals surface area (Å²) in [6, 6.07) is 0.729. The SMILES string of the molecule is CCNC(=O)CNC(C)CC1COCCN1. The number of carbonyl (C=O) groups is 1. The highest BCUT2D eigenvalue weighted by molar-refractivity contribution is 5.77. The van der Waals surface area contributed by atoms with Crippen LogP contribution in [0.5, 0.6) is 0 Å². The van der Waals surface area contributed by atoms with Crippen molar-refractivity contribution >= 4 is 5.91 Å². The molecular formula is C11H23N3O2. The zero-order valence-corrected chi connectivity index (χ0v) is 10.2. The van der Waals surface area contributed by atoms with Crippen LogP contribution in [0, 0.1) is 0 Å². The lowest BCUT2D eigenvalue weighted by Crippen LogP contribution is -2.46. The van der Waals surface area contributed by atoms with Gasteiger partial charge in [0.1, 0.15) is 0 Å². The fourth-order valence-corrected chi connectivity index (χ4v) is 1.81. The summed E-state index contributed by atoms with van der Waals surface area (Å²) >= 11 is 0. The van der Waals surface area contributed by atoms with E-state index in [1.165, 1.54) is 0 Å². The van der Waals surface area contributed by atoms with Crippen LogP contribution in [0.1, 0.15) is 20.3 Å². The number of hydrogen-bond donors (Lipinski definition) is 3. The van der Waals surface area contributed by atoms with Crippen LogP contribution in [0.15, 0.2) is 0 Å². The lowest BCUT2D eigenvalue weighted by molar-refractivity contribution is -0.120. The van der Waals surface area contributed by atoms with Crippen molar-refractivity contribution in [2.75, 3.05) is 32.8 Å². The highest BCUT2D eigenvalue weighted by Crippen LogP contribution is 2.01. The molecule has 2 unspecified atom stereocenters. The summed E-state index contributed by atoms with van der Waals surface area (Å²) in [5.41, 5.74) is 0. The molecular weight excluding hydrogens is 206 g/mol. The average Bonchev–Trinajstić information content (AvgIpc) is 2.28. The van der Waals surface area contributed by atoms with Crippen molar-refractivity contribution in [1.29, 1.82) is 0 Å². The lowest BCUT2D eigenvalue weighted by Gasteiger charge is -2.26. The van der Waals surface area contributed by atoms with Crippen LogP contribution in [-0.4, -0.2) is 50.8 Å². The Kier molecular flexibility index (Phi) is 6.37. The van der Waals surface area contributed by atoms with E-state index in [-0.39, 0.29) is 5.91 Å². The van der Waals surface area contributed by atoms with E-state index in [0.29, 0.717) is 25.2 Å². The van der Waals surface area contributed by atoms with Gasteiger partial charge in [0, 0.05) is 25.2 Å². The van der Waals surface area contributed by atoms with Gasteiger partial charge in [0.05, 0.1) is 19.8 Å². The standard InChI is InChI=1S/C11H23N3O2/c1-3-12-11(15)7-14-9(2)6-10-8-16-5-4-13-10/h9-10,13-14H,3-8H2,1-2H3,(H,12,15). The maximum absolute atomic E-state index is 11.2. The van der Waals surface area contributed by atoms with Gasteiger partial charge in [0.15, 0.2) is 0 Å². The second kappa shape index (κ2) is 7.60. The highest BCUT2D eigenvalue weighted by atomic mass is 16.5. The molecule has 5 nitrogen and oxygen atoms in total. The quantitative estimate of drug-likeness (QED) is 0.573. The number of ether oxygens (including phenoxy) is 1. The first kappa shape index (κ1) is 13.4. The maximum atomic E-state index is 11.2. The van der Waals surface area contributed by atoms with Crippen molar-refractivity contribution in [3.63, 3.8) is 0 Å². The largest absolute Gasteiger partial charge is 0.379 e. The third-order valence-electron chi connectivity index (χ3n) is 2.62. The van der Waals surface area contributed by atoms with Crippen LogP contribution in [0.2, 0.25) is 0 Å². The predicted octanol–water partition coefficient (Wildman–Crippen LogP) is -0.521. The number of likely N-dealkylation sites (N-methyl/N-ethyl adjacent to an activating group) is 1. The minimum atomic E-state index is 0.0576. The Morgan fingerprint density at radius 3 is 3.06 bits per heavy atom. The first-order valence-electron chi connectivity index (χ1n) is 6.03. The molecule has 5 heteroatoms. The van der Waals surface area contributed by atoms with Gasteiger partial charge in [0.25, 0.3) is 0 Å². The van der Waals surface area contributed by atoms with Gasteiger partial charge < -0.3 is 20.7 Å². The third-order valence-corrected chi connectivity index (χ3v) is 2.62. The number of morpholine rings is 1. The van der Waals surface area contributed by atoms with E-state index in [9.17, 15) is 4.79 Å². The van der Waals surface area contributed by atoms with Gasteiger partial charge in [-0.3, -0.25) is 4.79 Å². The summed E-state index contributed by atoms with van der Waals surface area (Å²) in [5.74, 6) is 0.0576. The summed E-state index contributed by atoms with van der Waals surface area (Å²) in [6.07, 6.45) is 0.986. The zero-order valence-electron chi connectivity index (χ0n) is 10.2. The summed E-state index contributed by atoms with van der Waals surface area (Å²) in [7, 11) is 0. The normalized spacial score (nSPS) is 22.8. The summed E-state index contributed by atoms with van der Waals surface area (Å²) in [6.45, 7) is 7.59. The van der Waals surface area contributed by atoms with Gasteiger partial charge in [0.2, 0.25) is 5.91 Å². The van der Waals surface area contributed by atoms with E-state index >= 15 is 0 Å². The van der Waals surface area contributed by atoms with Crippen LogP contribution >= 0.6 is 0 Å². The van der Waals surface area contributed by atoms with Gasteiger partial charge >= 0.3 is 0 Å². The Morgan fingerprint density at radius 2 is 2.44 bits per heavy atom. The molecule has 3 N–H and O–H groups in total. The molecule has 0 aromatic heterocycles. The molecule has 16 heavy (non-hydrogen) atoms. The van der Waals surface area contributed by atoms with Crippen LogP contribution in [0.3, 0.4) is 0 Å². The van der Waals surface area contributed by atoms with Gasteiger partial charge in [-0.1, -0.05) is 0 Å². The van der Waals surface area contributed by atoms with Crippen molar-refractivity contribution in [3.8, 4) is 0 Å². The van der Waals surface area contributed by atoms with Gasteiger partial charge in [-0.05, 0) is 20.3 Å². The number of amides is 1. The van der Waals surface area contributed by atoms with Gasteiger partial charge in [-0.15, -0.1) is 0 Å². The minimum Gasteiger partial charge on any atom is -0.379 e. The third kappa shape index (κ3) is 5.44. The molecule has 0 aromatic carbocycles. The molecule has 1 aliphatic heterocycles. The Hall–Kier alpha value is -0.650. The van der Waals surface area contributed by atoms with Crippen molar-refractivity contribution in [1.82, 2.24) is 16.0 Å². The van der Waals surface area contributed by atoms with E-state index in [2.05, 4.69) is 22.9 Å². The number of rotatable bonds is 6. The number of nitrogens with one attached hydrogen (secondary N) is 3. The van der Waals surface area contributed by atoms with Crippen molar-refractivity contribution < 1.29 is 9.53 Å². The minimum absolute atomic E-state index is 0.0576. The predicted molar refractivity (Wildman–Crippen MR) is 63.4 cm³/mol. The molecule has 1 saturated heterocycles. The maximum Gasteiger partial charge on any atom is 0.233 e. The highest BCUT2D eigenvalue weighted by Gasteiger charge is 2.16. The molecule has 94 valence electrons. The molecule has 1 rings (SSSR count). The molecule has 0 spiro atoms. The molecule has 0 radical (unpaired) electrons. The fourth-order valence-electron chi connectivity index (χ4n) is 1.81. The molecule has 0 saturated carbocycles. The molecule has 0 aromatic rings.